The Hall–Kier alpha value is -1.78. The molecule has 5 nitrogen and oxygen atoms in total. The van der Waals surface area contributed by atoms with E-state index in [1.54, 1.807) is 39.1 Å². The van der Waals surface area contributed by atoms with Crippen LogP contribution in [0.5, 0.6) is 0 Å². The minimum atomic E-state index is -1.03. The molecule has 0 spiro atoms. The third kappa shape index (κ3) is 2.85. The maximum Gasteiger partial charge on any atom is 0.326 e. The first-order valence-corrected chi connectivity index (χ1v) is 4.99. The van der Waals surface area contributed by atoms with Gasteiger partial charge in [0, 0.05) is 6.20 Å². The van der Waals surface area contributed by atoms with Crippen LogP contribution >= 0.6 is 0 Å². The number of carbonyl (C=O) groups is 2. The summed E-state index contributed by atoms with van der Waals surface area (Å²) in [5.74, 6) is -1.44. The van der Waals surface area contributed by atoms with E-state index in [-0.39, 0.29) is 0 Å². The average Bonchev–Trinajstić information content (AvgIpc) is 2.63. The second-order valence-corrected chi connectivity index (χ2v) is 4.69. The highest BCUT2D eigenvalue weighted by Gasteiger charge is 2.32. The molecule has 0 bridgehead atoms. The third-order valence-corrected chi connectivity index (χ3v) is 2.23. The number of nitrogens with one attached hydrogen (secondary N) is 2. The SMILES string of the molecule is CC(C)(C)[C@@H](NC(=O)c1ccc[nH]1)C(=O)O. The zero-order chi connectivity index (χ0) is 12.3. The lowest BCUT2D eigenvalue weighted by atomic mass is 9.86. The van der Waals surface area contributed by atoms with Crippen LogP contribution in [0.15, 0.2) is 18.3 Å². The van der Waals surface area contributed by atoms with Crippen molar-refractivity contribution in [3.63, 3.8) is 0 Å². The van der Waals surface area contributed by atoms with Crippen molar-refractivity contribution in [2.24, 2.45) is 5.41 Å². The first-order chi connectivity index (χ1) is 7.32. The van der Waals surface area contributed by atoms with Gasteiger partial charge in [-0.1, -0.05) is 20.8 Å². The van der Waals surface area contributed by atoms with Gasteiger partial charge in [0.15, 0.2) is 0 Å². The summed E-state index contributed by atoms with van der Waals surface area (Å²) in [4.78, 5) is 25.4. The van der Waals surface area contributed by atoms with Crippen LogP contribution < -0.4 is 5.32 Å². The number of H-pyrrole nitrogens is 1. The number of hydrogen-bond acceptors (Lipinski definition) is 2. The molecule has 1 aromatic heterocycles. The van der Waals surface area contributed by atoms with Gasteiger partial charge in [-0.25, -0.2) is 4.79 Å². The fraction of sp³-hybridized carbons (Fsp3) is 0.455. The lowest BCUT2D eigenvalue weighted by Gasteiger charge is -2.27. The molecular formula is C11H16N2O3. The zero-order valence-electron chi connectivity index (χ0n) is 9.57. The van der Waals surface area contributed by atoms with Crippen LogP contribution in [0.1, 0.15) is 31.3 Å². The monoisotopic (exact) mass is 224 g/mol. The van der Waals surface area contributed by atoms with Gasteiger partial charge in [0.1, 0.15) is 11.7 Å². The van der Waals surface area contributed by atoms with Crippen molar-refractivity contribution < 1.29 is 14.7 Å². The predicted molar refractivity (Wildman–Crippen MR) is 59.1 cm³/mol. The topological polar surface area (TPSA) is 82.2 Å². The summed E-state index contributed by atoms with van der Waals surface area (Å²) >= 11 is 0. The minimum Gasteiger partial charge on any atom is -0.480 e. The number of rotatable bonds is 3. The van der Waals surface area contributed by atoms with E-state index in [0.29, 0.717) is 5.69 Å². The Bertz CT molecular complexity index is 376. The molecule has 0 unspecified atom stereocenters. The van der Waals surface area contributed by atoms with Gasteiger partial charge in [-0.05, 0) is 17.5 Å². The maximum absolute atomic E-state index is 11.7. The molecule has 3 N–H and O–H groups in total. The van der Waals surface area contributed by atoms with E-state index in [1.807, 2.05) is 0 Å². The van der Waals surface area contributed by atoms with E-state index in [0.717, 1.165) is 0 Å². The van der Waals surface area contributed by atoms with E-state index < -0.39 is 23.3 Å². The molecule has 0 aliphatic rings. The number of amides is 1. The fourth-order valence-corrected chi connectivity index (χ4v) is 1.33. The van der Waals surface area contributed by atoms with Crippen LogP contribution in [0, 0.1) is 5.41 Å². The molecule has 16 heavy (non-hydrogen) atoms. The number of aliphatic carboxylic acids is 1. The first-order valence-electron chi connectivity index (χ1n) is 4.99. The van der Waals surface area contributed by atoms with E-state index in [1.165, 1.54) is 0 Å². The van der Waals surface area contributed by atoms with Crippen molar-refractivity contribution in [2.45, 2.75) is 26.8 Å². The molecular weight excluding hydrogens is 208 g/mol. The van der Waals surface area contributed by atoms with Crippen molar-refractivity contribution >= 4 is 11.9 Å². The molecule has 0 aromatic carbocycles. The zero-order valence-corrected chi connectivity index (χ0v) is 9.57. The van der Waals surface area contributed by atoms with E-state index >= 15 is 0 Å². The second-order valence-electron chi connectivity index (χ2n) is 4.69. The van der Waals surface area contributed by atoms with Gasteiger partial charge in [-0.3, -0.25) is 4.79 Å². The highest BCUT2D eigenvalue weighted by Crippen LogP contribution is 2.19. The molecule has 0 saturated heterocycles. The summed E-state index contributed by atoms with van der Waals surface area (Å²) in [6, 6.07) is 2.36. The average molecular weight is 224 g/mol. The second kappa shape index (κ2) is 4.38. The van der Waals surface area contributed by atoms with Gasteiger partial charge < -0.3 is 15.4 Å². The van der Waals surface area contributed by atoms with Crippen molar-refractivity contribution in [1.29, 1.82) is 0 Å². The number of carboxylic acid groups (broad SMARTS) is 1. The van der Waals surface area contributed by atoms with Crippen LogP contribution in [-0.2, 0) is 4.79 Å². The van der Waals surface area contributed by atoms with Gasteiger partial charge in [-0.15, -0.1) is 0 Å². The van der Waals surface area contributed by atoms with E-state index in [4.69, 9.17) is 5.11 Å². The van der Waals surface area contributed by atoms with Crippen molar-refractivity contribution in [1.82, 2.24) is 10.3 Å². The standard InChI is InChI=1S/C11H16N2O3/c1-11(2,3)8(10(15)16)13-9(14)7-5-4-6-12-7/h4-6,8,12H,1-3H3,(H,13,14)(H,15,16)/t8-/m0/s1. The summed E-state index contributed by atoms with van der Waals surface area (Å²) in [5, 5.41) is 11.5. The van der Waals surface area contributed by atoms with Crippen molar-refractivity contribution in [3.8, 4) is 0 Å². The molecule has 1 amide bonds. The number of carboxylic acids is 1. The molecule has 0 saturated carbocycles. The van der Waals surface area contributed by atoms with Crippen LogP contribution in [0.4, 0.5) is 0 Å². The Labute approximate surface area is 93.9 Å². The smallest absolute Gasteiger partial charge is 0.326 e. The molecule has 88 valence electrons. The van der Waals surface area contributed by atoms with Crippen molar-refractivity contribution in [3.05, 3.63) is 24.0 Å². The largest absolute Gasteiger partial charge is 0.480 e. The summed E-state index contributed by atoms with van der Waals surface area (Å²) in [6.45, 7) is 5.29. The van der Waals surface area contributed by atoms with Crippen LogP contribution in [0.2, 0.25) is 0 Å². The minimum absolute atomic E-state index is 0.357. The Morgan fingerprint density at radius 3 is 2.44 bits per heavy atom. The number of carbonyl (C=O) groups excluding carboxylic acids is 1. The molecule has 0 aliphatic heterocycles. The summed E-state index contributed by atoms with van der Waals surface area (Å²) in [7, 11) is 0. The Morgan fingerprint density at radius 1 is 1.44 bits per heavy atom. The summed E-state index contributed by atoms with van der Waals surface area (Å²) in [5.41, 5.74) is -0.177. The van der Waals surface area contributed by atoms with Gasteiger partial charge in [0.2, 0.25) is 0 Å². The molecule has 5 heteroatoms. The normalized spacial score (nSPS) is 13.2. The van der Waals surface area contributed by atoms with Crippen LogP contribution in [0.25, 0.3) is 0 Å². The highest BCUT2D eigenvalue weighted by atomic mass is 16.4. The van der Waals surface area contributed by atoms with Gasteiger partial charge >= 0.3 is 5.97 Å². The summed E-state index contributed by atoms with van der Waals surface area (Å²) in [6.07, 6.45) is 1.61. The molecule has 1 rings (SSSR count). The number of aromatic nitrogens is 1. The fourth-order valence-electron chi connectivity index (χ4n) is 1.33. The van der Waals surface area contributed by atoms with Gasteiger partial charge in [0.05, 0.1) is 0 Å². The molecule has 0 aliphatic carbocycles. The Morgan fingerprint density at radius 2 is 2.06 bits per heavy atom. The molecule has 1 heterocycles. The first kappa shape index (κ1) is 12.3. The van der Waals surface area contributed by atoms with E-state index in [2.05, 4.69) is 10.3 Å². The molecule has 0 fully saturated rings. The number of aromatic amines is 1. The Kier molecular flexibility index (Phi) is 3.37. The molecule has 0 radical (unpaired) electrons. The Balaban J connectivity index is 2.78. The quantitative estimate of drug-likeness (QED) is 0.722. The lowest BCUT2D eigenvalue weighted by Crippen LogP contribution is -2.49. The van der Waals surface area contributed by atoms with Crippen molar-refractivity contribution in [2.75, 3.05) is 0 Å². The maximum atomic E-state index is 11.7. The van der Waals surface area contributed by atoms with E-state index in [9.17, 15) is 9.59 Å². The molecule has 1 atom stereocenters. The van der Waals surface area contributed by atoms with Gasteiger partial charge in [0.25, 0.3) is 5.91 Å². The predicted octanol–water partition coefficient (Wildman–Crippen LogP) is 1.24. The third-order valence-electron chi connectivity index (χ3n) is 2.23. The number of hydrogen-bond donors (Lipinski definition) is 3. The van der Waals surface area contributed by atoms with Crippen LogP contribution in [-0.4, -0.2) is 28.0 Å². The van der Waals surface area contributed by atoms with Crippen LogP contribution in [0.3, 0.4) is 0 Å². The molecule has 1 aromatic rings. The summed E-state index contributed by atoms with van der Waals surface area (Å²) < 4.78 is 0. The lowest BCUT2D eigenvalue weighted by molar-refractivity contribution is -0.142. The highest BCUT2D eigenvalue weighted by molar-refractivity contribution is 5.95. The van der Waals surface area contributed by atoms with Gasteiger partial charge in [-0.2, -0.15) is 0 Å².